The van der Waals surface area contributed by atoms with E-state index in [-0.39, 0.29) is 0 Å². The Morgan fingerprint density at radius 1 is 0.900 bits per heavy atom. The summed E-state index contributed by atoms with van der Waals surface area (Å²) in [5.74, 6) is 0. The van der Waals surface area contributed by atoms with Crippen LogP contribution in [0.15, 0.2) is 59.6 Å². The Morgan fingerprint density at radius 3 is 2.85 bits per heavy atom. The molecule has 3 aromatic carbocycles. The zero-order chi connectivity index (χ0) is 13.1. The van der Waals surface area contributed by atoms with Crippen LogP contribution in [0.3, 0.4) is 0 Å². The van der Waals surface area contributed by atoms with E-state index in [4.69, 9.17) is 4.99 Å². The number of para-hydroxylation sites is 1. The number of hydrogen-bond donors (Lipinski definition) is 0. The summed E-state index contributed by atoms with van der Waals surface area (Å²) in [6, 6.07) is 22.0. The second-order valence-corrected chi connectivity index (χ2v) is 5.21. The molecular formula is C19H10N. The van der Waals surface area contributed by atoms with Crippen molar-refractivity contribution in [2.45, 2.75) is 0 Å². The minimum atomic E-state index is 1.08. The zero-order valence-corrected chi connectivity index (χ0v) is 10.7. The molecule has 2 aliphatic rings. The molecule has 1 nitrogen and oxygen atoms in total. The molecule has 0 fully saturated rings. The van der Waals surface area contributed by atoms with Crippen molar-refractivity contribution in [3.63, 3.8) is 0 Å². The molecule has 0 atom stereocenters. The van der Waals surface area contributed by atoms with E-state index in [9.17, 15) is 0 Å². The largest absolute Gasteiger partial charge is 0.247 e. The van der Waals surface area contributed by atoms with E-state index >= 15 is 0 Å². The highest BCUT2D eigenvalue weighted by Gasteiger charge is 2.16. The molecule has 1 radical (unpaired) electrons. The lowest BCUT2D eigenvalue weighted by Gasteiger charge is -1.99. The maximum absolute atomic E-state index is 4.86. The Bertz CT molecular complexity index is 1090. The first-order valence-corrected chi connectivity index (χ1v) is 6.75. The lowest BCUT2D eigenvalue weighted by atomic mass is 10.0. The summed E-state index contributed by atoms with van der Waals surface area (Å²) in [4.78, 5) is 4.86. The van der Waals surface area contributed by atoms with Crippen LogP contribution in [0.1, 0.15) is 5.56 Å². The van der Waals surface area contributed by atoms with E-state index in [1.807, 2.05) is 18.2 Å². The summed E-state index contributed by atoms with van der Waals surface area (Å²) in [6.45, 7) is 0. The van der Waals surface area contributed by atoms with Gasteiger partial charge in [0.25, 0.3) is 0 Å². The molecule has 1 heteroatoms. The van der Waals surface area contributed by atoms with Crippen LogP contribution in [-0.4, -0.2) is 0 Å². The van der Waals surface area contributed by atoms with Gasteiger partial charge in [-0.3, -0.25) is 0 Å². The summed E-state index contributed by atoms with van der Waals surface area (Å²) in [7, 11) is 0. The fourth-order valence-electron chi connectivity index (χ4n) is 3.22. The summed E-state index contributed by atoms with van der Waals surface area (Å²) >= 11 is 0. The van der Waals surface area contributed by atoms with Gasteiger partial charge in [-0.05, 0) is 40.3 Å². The van der Waals surface area contributed by atoms with Crippen LogP contribution in [0, 0.1) is 16.5 Å². The van der Waals surface area contributed by atoms with Crippen molar-refractivity contribution in [1.82, 2.24) is 0 Å². The average Bonchev–Trinajstić information content (AvgIpc) is 3.04. The molecule has 0 saturated carbocycles. The summed E-state index contributed by atoms with van der Waals surface area (Å²) in [6.07, 6.45) is 2.22. The van der Waals surface area contributed by atoms with Crippen LogP contribution < -0.4 is 10.6 Å². The maximum Gasteiger partial charge on any atom is 0.0800 e. The highest BCUT2D eigenvalue weighted by molar-refractivity contribution is 5.80. The SMILES string of the molecule is [c]1ccc2c(c1)=Cc1ccc3c(c1=2)=Nc1ccccc1-3. The van der Waals surface area contributed by atoms with E-state index in [1.54, 1.807) is 0 Å². The van der Waals surface area contributed by atoms with Gasteiger partial charge in [0, 0.05) is 16.3 Å². The fourth-order valence-corrected chi connectivity index (χ4v) is 3.22. The van der Waals surface area contributed by atoms with Crippen LogP contribution >= 0.6 is 0 Å². The van der Waals surface area contributed by atoms with Gasteiger partial charge in [0.15, 0.2) is 0 Å². The third-order valence-corrected chi connectivity index (χ3v) is 4.11. The summed E-state index contributed by atoms with van der Waals surface area (Å²) in [5.41, 5.74) is 4.82. The Kier molecular flexibility index (Phi) is 1.75. The highest BCUT2D eigenvalue weighted by atomic mass is 14.8. The molecule has 1 heterocycles. The predicted molar refractivity (Wildman–Crippen MR) is 78.8 cm³/mol. The zero-order valence-electron chi connectivity index (χ0n) is 10.7. The van der Waals surface area contributed by atoms with Crippen LogP contribution in [0.2, 0.25) is 0 Å². The number of rotatable bonds is 0. The Hall–Kier alpha value is -2.67. The molecule has 0 bridgehead atoms. The van der Waals surface area contributed by atoms with Crippen molar-refractivity contribution in [1.29, 1.82) is 0 Å². The van der Waals surface area contributed by atoms with Crippen molar-refractivity contribution in [2.24, 2.45) is 4.99 Å². The molecule has 0 amide bonds. The summed E-state index contributed by atoms with van der Waals surface area (Å²) < 4.78 is 0. The van der Waals surface area contributed by atoms with E-state index in [1.165, 1.54) is 32.3 Å². The molecule has 91 valence electrons. The highest BCUT2D eigenvalue weighted by Crippen LogP contribution is 2.32. The second kappa shape index (κ2) is 3.45. The van der Waals surface area contributed by atoms with Gasteiger partial charge in [0.2, 0.25) is 0 Å². The number of fused-ring (bicyclic) bond motifs is 6. The number of benzene rings is 3. The molecule has 3 aromatic rings. The molecule has 0 aromatic heterocycles. The Morgan fingerprint density at radius 2 is 1.85 bits per heavy atom. The molecule has 20 heavy (non-hydrogen) atoms. The summed E-state index contributed by atoms with van der Waals surface area (Å²) in [5, 5.41) is 4.89. The number of hydrogen-bond acceptors (Lipinski definition) is 1. The van der Waals surface area contributed by atoms with Crippen molar-refractivity contribution < 1.29 is 0 Å². The third kappa shape index (κ3) is 1.15. The van der Waals surface area contributed by atoms with E-state index in [0.717, 1.165) is 11.0 Å². The second-order valence-electron chi connectivity index (χ2n) is 5.21. The van der Waals surface area contributed by atoms with Gasteiger partial charge >= 0.3 is 0 Å². The van der Waals surface area contributed by atoms with Gasteiger partial charge in [-0.2, -0.15) is 0 Å². The van der Waals surface area contributed by atoms with E-state index in [2.05, 4.69) is 48.5 Å². The predicted octanol–water partition coefficient (Wildman–Crippen LogP) is 2.85. The molecule has 0 unspecified atom stereocenters. The molecular weight excluding hydrogens is 242 g/mol. The first kappa shape index (κ1) is 10.2. The molecule has 0 spiro atoms. The van der Waals surface area contributed by atoms with Gasteiger partial charge < -0.3 is 0 Å². The fraction of sp³-hybridized carbons (Fsp3) is 0. The Balaban J connectivity index is 2.08. The lowest BCUT2D eigenvalue weighted by molar-refractivity contribution is 1.34. The molecule has 1 aliphatic carbocycles. The smallest absolute Gasteiger partial charge is 0.0800 e. The van der Waals surface area contributed by atoms with E-state index in [0.29, 0.717) is 0 Å². The standard InChI is InChI=1S/C19H10N/c1-2-6-14-12(5-1)11-13-9-10-16-15-7-3-4-8-17(15)20-19(16)18(13)14/h2-11H. The van der Waals surface area contributed by atoms with Crippen molar-refractivity contribution in [2.75, 3.05) is 0 Å². The molecule has 1 aliphatic heterocycles. The van der Waals surface area contributed by atoms with Crippen LogP contribution in [-0.2, 0) is 0 Å². The Labute approximate surface area is 115 Å². The van der Waals surface area contributed by atoms with Gasteiger partial charge in [-0.25, -0.2) is 4.99 Å². The first-order chi connectivity index (χ1) is 9.92. The third-order valence-electron chi connectivity index (χ3n) is 4.11. The minimum absolute atomic E-state index is 1.08. The quantitative estimate of drug-likeness (QED) is 0.402. The maximum atomic E-state index is 4.86. The molecule has 0 saturated heterocycles. The van der Waals surface area contributed by atoms with Gasteiger partial charge in [-0.15, -0.1) is 0 Å². The molecule has 0 N–H and O–H groups in total. The normalized spacial score (nSPS) is 12.8. The van der Waals surface area contributed by atoms with Crippen molar-refractivity contribution in [3.05, 3.63) is 87.2 Å². The van der Waals surface area contributed by atoms with Crippen LogP contribution in [0.5, 0.6) is 0 Å². The number of nitrogens with zero attached hydrogens (tertiary/aromatic N) is 1. The van der Waals surface area contributed by atoms with Gasteiger partial charge in [-0.1, -0.05) is 42.5 Å². The monoisotopic (exact) mass is 252 g/mol. The average molecular weight is 252 g/mol. The van der Waals surface area contributed by atoms with Gasteiger partial charge in [0.1, 0.15) is 0 Å². The first-order valence-electron chi connectivity index (χ1n) is 6.75. The van der Waals surface area contributed by atoms with Crippen molar-refractivity contribution >= 4 is 11.8 Å². The van der Waals surface area contributed by atoms with Gasteiger partial charge in [0.05, 0.1) is 11.0 Å². The lowest BCUT2D eigenvalue weighted by Crippen LogP contribution is -2.06. The molecule has 5 rings (SSSR count). The topological polar surface area (TPSA) is 12.4 Å². The van der Waals surface area contributed by atoms with Crippen molar-refractivity contribution in [3.8, 4) is 11.1 Å². The van der Waals surface area contributed by atoms with Crippen LogP contribution in [0.25, 0.3) is 17.2 Å². The minimum Gasteiger partial charge on any atom is -0.247 e. The van der Waals surface area contributed by atoms with E-state index < -0.39 is 0 Å². The van der Waals surface area contributed by atoms with Crippen LogP contribution in [0.4, 0.5) is 5.69 Å².